The molecule has 2 aromatic rings. The summed E-state index contributed by atoms with van der Waals surface area (Å²) in [7, 11) is -2.08. The normalized spacial score (nSPS) is 12.9. The van der Waals surface area contributed by atoms with Crippen molar-refractivity contribution in [1.29, 1.82) is 0 Å². The van der Waals surface area contributed by atoms with Gasteiger partial charge < -0.3 is 4.74 Å². The van der Waals surface area contributed by atoms with Crippen LogP contribution in [0.25, 0.3) is 0 Å². The van der Waals surface area contributed by atoms with Crippen LogP contribution in [0.5, 0.6) is 5.75 Å². The molecule has 1 atom stereocenters. The molecule has 1 unspecified atom stereocenters. The van der Waals surface area contributed by atoms with Crippen LogP contribution >= 0.6 is 0 Å². The third-order valence-electron chi connectivity index (χ3n) is 3.61. The molecule has 2 aromatic carbocycles. The quantitative estimate of drug-likeness (QED) is 0.919. The van der Waals surface area contributed by atoms with Gasteiger partial charge >= 0.3 is 0 Å². The Labute approximate surface area is 132 Å². The predicted molar refractivity (Wildman–Crippen MR) is 87.6 cm³/mol. The Morgan fingerprint density at radius 2 is 1.68 bits per heavy atom. The van der Waals surface area contributed by atoms with Gasteiger partial charge in [0.2, 0.25) is 10.0 Å². The molecule has 22 heavy (non-hydrogen) atoms. The van der Waals surface area contributed by atoms with Crippen molar-refractivity contribution in [3.8, 4) is 5.75 Å². The van der Waals surface area contributed by atoms with E-state index in [2.05, 4.69) is 4.72 Å². The standard InChI is InChI=1S/C17H21NO3S/c1-12-10-13(2)17(11-16(12)21-4)22(19,20)18-14(3)15-8-6-5-7-9-15/h5-11,14,18H,1-4H3. The van der Waals surface area contributed by atoms with Gasteiger partial charge in [-0.2, -0.15) is 0 Å². The lowest BCUT2D eigenvalue weighted by molar-refractivity contribution is 0.410. The maximum atomic E-state index is 12.6. The molecule has 0 aromatic heterocycles. The summed E-state index contributed by atoms with van der Waals surface area (Å²) in [5.41, 5.74) is 2.53. The van der Waals surface area contributed by atoms with Crippen LogP contribution < -0.4 is 9.46 Å². The molecule has 0 bridgehead atoms. The van der Waals surface area contributed by atoms with E-state index in [1.807, 2.05) is 50.2 Å². The number of benzene rings is 2. The topological polar surface area (TPSA) is 55.4 Å². The van der Waals surface area contributed by atoms with Crippen molar-refractivity contribution in [2.75, 3.05) is 7.11 Å². The maximum Gasteiger partial charge on any atom is 0.241 e. The number of methoxy groups -OCH3 is 1. The van der Waals surface area contributed by atoms with Gasteiger partial charge in [0.05, 0.1) is 12.0 Å². The largest absolute Gasteiger partial charge is 0.496 e. The van der Waals surface area contributed by atoms with Crippen molar-refractivity contribution < 1.29 is 13.2 Å². The van der Waals surface area contributed by atoms with Crippen molar-refractivity contribution in [2.45, 2.75) is 31.7 Å². The number of nitrogens with one attached hydrogen (secondary N) is 1. The zero-order chi connectivity index (χ0) is 16.3. The van der Waals surface area contributed by atoms with Crippen LogP contribution in [-0.4, -0.2) is 15.5 Å². The Kier molecular flexibility index (Phi) is 4.88. The fourth-order valence-electron chi connectivity index (χ4n) is 2.43. The van der Waals surface area contributed by atoms with Gasteiger partial charge in [0.1, 0.15) is 5.75 Å². The van der Waals surface area contributed by atoms with Gasteiger partial charge in [-0.1, -0.05) is 36.4 Å². The lowest BCUT2D eigenvalue weighted by atomic mass is 10.1. The highest BCUT2D eigenvalue weighted by Gasteiger charge is 2.21. The highest BCUT2D eigenvalue weighted by Crippen LogP contribution is 2.27. The van der Waals surface area contributed by atoms with Gasteiger partial charge in [0.15, 0.2) is 0 Å². The summed E-state index contributed by atoms with van der Waals surface area (Å²) in [6, 6.07) is 12.6. The first-order valence-electron chi connectivity index (χ1n) is 7.07. The van der Waals surface area contributed by atoms with Crippen molar-refractivity contribution in [2.24, 2.45) is 0 Å². The summed E-state index contributed by atoms with van der Waals surface area (Å²) in [5.74, 6) is 0.568. The molecular formula is C17H21NO3S. The molecule has 5 heteroatoms. The fourth-order valence-corrected chi connectivity index (χ4v) is 3.90. The minimum absolute atomic E-state index is 0.248. The second-order valence-corrected chi connectivity index (χ2v) is 7.02. The Morgan fingerprint density at radius 1 is 1.05 bits per heavy atom. The molecule has 0 aliphatic carbocycles. The SMILES string of the molecule is COc1cc(S(=O)(=O)NC(C)c2ccccc2)c(C)cc1C. The highest BCUT2D eigenvalue weighted by atomic mass is 32.2. The van der Waals surface area contributed by atoms with E-state index < -0.39 is 10.0 Å². The van der Waals surface area contributed by atoms with Crippen molar-refractivity contribution in [3.05, 3.63) is 59.2 Å². The predicted octanol–water partition coefficient (Wildman–Crippen LogP) is 3.35. The summed E-state index contributed by atoms with van der Waals surface area (Å²) >= 11 is 0. The number of aryl methyl sites for hydroxylation is 2. The molecule has 0 amide bonds. The summed E-state index contributed by atoms with van der Waals surface area (Å²) in [5, 5.41) is 0. The van der Waals surface area contributed by atoms with Crippen LogP contribution in [0, 0.1) is 13.8 Å². The Morgan fingerprint density at radius 3 is 2.27 bits per heavy atom. The zero-order valence-corrected chi connectivity index (χ0v) is 14.1. The van der Waals surface area contributed by atoms with Crippen LogP contribution in [0.3, 0.4) is 0 Å². The fraction of sp³-hybridized carbons (Fsp3) is 0.294. The number of ether oxygens (including phenoxy) is 1. The summed E-state index contributed by atoms with van der Waals surface area (Å²) < 4.78 is 33.2. The number of sulfonamides is 1. The number of rotatable bonds is 5. The lowest BCUT2D eigenvalue weighted by Crippen LogP contribution is -2.27. The Balaban J connectivity index is 2.35. The van der Waals surface area contributed by atoms with E-state index in [-0.39, 0.29) is 10.9 Å². The van der Waals surface area contributed by atoms with Gasteiger partial charge in [0, 0.05) is 12.1 Å². The average molecular weight is 319 g/mol. The Bertz CT molecular complexity index is 755. The molecule has 118 valence electrons. The minimum Gasteiger partial charge on any atom is -0.496 e. The highest BCUT2D eigenvalue weighted by molar-refractivity contribution is 7.89. The van der Waals surface area contributed by atoms with E-state index in [9.17, 15) is 8.42 Å². The summed E-state index contributed by atoms with van der Waals surface area (Å²) in [4.78, 5) is 0.248. The molecule has 0 aliphatic heterocycles. The molecule has 4 nitrogen and oxygen atoms in total. The molecule has 0 fully saturated rings. The van der Waals surface area contributed by atoms with Crippen molar-refractivity contribution in [3.63, 3.8) is 0 Å². The third kappa shape index (κ3) is 3.48. The van der Waals surface area contributed by atoms with Gasteiger partial charge in [-0.05, 0) is 37.5 Å². The van der Waals surface area contributed by atoms with Gasteiger partial charge in [-0.25, -0.2) is 13.1 Å². The molecule has 0 aliphatic rings. The van der Waals surface area contributed by atoms with Crippen LogP contribution in [-0.2, 0) is 10.0 Å². The number of hydrogen-bond acceptors (Lipinski definition) is 3. The van der Waals surface area contributed by atoms with E-state index in [4.69, 9.17) is 4.74 Å². The van der Waals surface area contributed by atoms with Crippen LogP contribution in [0.2, 0.25) is 0 Å². The molecule has 0 saturated carbocycles. The smallest absolute Gasteiger partial charge is 0.241 e. The van der Waals surface area contributed by atoms with Gasteiger partial charge in [-0.3, -0.25) is 0 Å². The first-order valence-corrected chi connectivity index (χ1v) is 8.56. The molecular weight excluding hydrogens is 298 g/mol. The molecule has 2 rings (SSSR count). The van der Waals surface area contributed by atoms with Gasteiger partial charge in [0.25, 0.3) is 0 Å². The van der Waals surface area contributed by atoms with Crippen LogP contribution in [0.4, 0.5) is 0 Å². The molecule has 0 spiro atoms. The summed E-state index contributed by atoms with van der Waals surface area (Å²) in [6.07, 6.45) is 0. The second kappa shape index (κ2) is 6.50. The van der Waals surface area contributed by atoms with Gasteiger partial charge in [-0.15, -0.1) is 0 Å². The van der Waals surface area contributed by atoms with E-state index >= 15 is 0 Å². The minimum atomic E-state index is -3.62. The monoisotopic (exact) mass is 319 g/mol. The zero-order valence-electron chi connectivity index (χ0n) is 13.3. The van der Waals surface area contributed by atoms with E-state index in [0.29, 0.717) is 11.3 Å². The summed E-state index contributed by atoms with van der Waals surface area (Å²) in [6.45, 7) is 5.50. The maximum absolute atomic E-state index is 12.6. The van der Waals surface area contributed by atoms with E-state index in [1.165, 1.54) is 7.11 Å². The van der Waals surface area contributed by atoms with E-state index in [1.54, 1.807) is 13.0 Å². The first-order chi connectivity index (χ1) is 10.3. The molecule has 0 heterocycles. The average Bonchev–Trinajstić information content (AvgIpc) is 2.47. The van der Waals surface area contributed by atoms with Crippen LogP contribution in [0.1, 0.15) is 29.7 Å². The Hall–Kier alpha value is -1.85. The number of hydrogen-bond donors (Lipinski definition) is 1. The van der Waals surface area contributed by atoms with Crippen LogP contribution in [0.15, 0.2) is 47.4 Å². The van der Waals surface area contributed by atoms with Crippen molar-refractivity contribution >= 4 is 10.0 Å². The molecule has 0 saturated heterocycles. The third-order valence-corrected chi connectivity index (χ3v) is 5.30. The first kappa shape index (κ1) is 16.5. The molecule has 0 radical (unpaired) electrons. The van der Waals surface area contributed by atoms with E-state index in [0.717, 1.165) is 11.1 Å². The second-order valence-electron chi connectivity index (χ2n) is 5.34. The molecule has 1 N–H and O–H groups in total. The van der Waals surface area contributed by atoms with Crippen molar-refractivity contribution in [1.82, 2.24) is 4.72 Å². The lowest BCUT2D eigenvalue weighted by Gasteiger charge is -2.17.